The second kappa shape index (κ2) is 8.58. The summed E-state index contributed by atoms with van der Waals surface area (Å²) in [5.74, 6) is -0.174. The number of hydrogen-bond donors (Lipinski definition) is 1. The molecule has 0 spiro atoms. The largest absolute Gasteiger partial charge is 0.476 e. The number of hydrogen-bond acceptors (Lipinski definition) is 7. The van der Waals surface area contributed by atoms with E-state index in [-0.39, 0.29) is 17.1 Å². The van der Waals surface area contributed by atoms with Crippen molar-refractivity contribution in [2.24, 2.45) is 0 Å². The SMILES string of the molecule is CC(C)(C)c1ccc2c(c1)N(S(C)(=O)=O)C[C@H](C(=O)Nc1nnc(-c3ccc(Cl)cc3)s1)O2. The maximum absolute atomic E-state index is 12.9. The normalized spacial score (nSPS) is 16.2. The van der Waals surface area contributed by atoms with E-state index in [2.05, 4.69) is 15.5 Å². The Morgan fingerprint density at radius 1 is 1.18 bits per heavy atom. The van der Waals surface area contributed by atoms with Crippen molar-refractivity contribution in [3.63, 3.8) is 0 Å². The first-order chi connectivity index (χ1) is 15.4. The Bertz CT molecular complexity index is 1300. The van der Waals surface area contributed by atoms with Gasteiger partial charge in [0.15, 0.2) is 6.10 Å². The van der Waals surface area contributed by atoms with Crippen LogP contribution in [0.15, 0.2) is 42.5 Å². The maximum atomic E-state index is 12.9. The topological polar surface area (TPSA) is 101 Å². The van der Waals surface area contributed by atoms with E-state index in [4.69, 9.17) is 16.3 Å². The second-order valence-corrected chi connectivity index (χ2v) is 12.1. The van der Waals surface area contributed by atoms with Crippen LogP contribution in [0.4, 0.5) is 10.8 Å². The second-order valence-electron chi connectivity index (χ2n) is 8.74. The summed E-state index contributed by atoms with van der Waals surface area (Å²) in [6, 6.07) is 12.5. The van der Waals surface area contributed by atoms with Crippen LogP contribution >= 0.6 is 22.9 Å². The number of benzene rings is 2. The van der Waals surface area contributed by atoms with Crippen LogP contribution in [0.1, 0.15) is 26.3 Å². The number of nitrogens with zero attached hydrogens (tertiary/aromatic N) is 3. The molecule has 0 aliphatic carbocycles. The number of fused-ring (bicyclic) bond motifs is 1. The van der Waals surface area contributed by atoms with Crippen LogP contribution in [0.2, 0.25) is 5.02 Å². The van der Waals surface area contributed by atoms with Crippen molar-refractivity contribution in [3.05, 3.63) is 53.1 Å². The standard InChI is InChI=1S/C22H23ClN4O4S2/c1-22(2,3)14-7-10-17-16(11-14)27(33(4,29)30)12-18(31-17)19(28)24-21-26-25-20(32-21)13-5-8-15(23)9-6-13/h5-11,18H,12H2,1-4H3,(H,24,26,28)/t18-/m1/s1. The van der Waals surface area contributed by atoms with Gasteiger partial charge in [-0.1, -0.05) is 61.9 Å². The van der Waals surface area contributed by atoms with Gasteiger partial charge in [-0.05, 0) is 35.2 Å². The number of amides is 1. The number of rotatable bonds is 4. The summed E-state index contributed by atoms with van der Waals surface area (Å²) < 4.78 is 32.2. The summed E-state index contributed by atoms with van der Waals surface area (Å²) in [5.41, 5.74) is 2.03. The van der Waals surface area contributed by atoms with Crippen LogP contribution in [0.3, 0.4) is 0 Å². The molecule has 1 atom stereocenters. The lowest BCUT2D eigenvalue weighted by atomic mass is 9.86. The molecule has 1 amide bonds. The molecule has 0 unspecified atom stereocenters. The van der Waals surface area contributed by atoms with E-state index in [0.29, 0.717) is 21.5 Å². The van der Waals surface area contributed by atoms with Crippen LogP contribution < -0.4 is 14.4 Å². The monoisotopic (exact) mass is 506 g/mol. The van der Waals surface area contributed by atoms with Gasteiger partial charge >= 0.3 is 0 Å². The fraction of sp³-hybridized carbons (Fsp3) is 0.318. The molecule has 3 aromatic rings. The van der Waals surface area contributed by atoms with E-state index >= 15 is 0 Å². The zero-order valence-corrected chi connectivity index (χ0v) is 20.9. The number of ether oxygens (including phenoxy) is 1. The fourth-order valence-electron chi connectivity index (χ4n) is 3.34. The smallest absolute Gasteiger partial charge is 0.269 e. The van der Waals surface area contributed by atoms with Gasteiger partial charge in [0.1, 0.15) is 10.8 Å². The molecule has 33 heavy (non-hydrogen) atoms. The first-order valence-electron chi connectivity index (χ1n) is 10.1. The molecule has 2 heterocycles. The molecule has 0 fully saturated rings. The quantitative estimate of drug-likeness (QED) is 0.565. The van der Waals surface area contributed by atoms with Crippen molar-refractivity contribution in [2.75, 3.05) is 22.4 Å². The highest BCUT2D eigenvalue weighted by atomic mass is 35.5. The van der Waals surface area contributed by atoms with Gasteiger partial charge in [0, 0.05) is 10.6 Å². The first kappa shape index (κ1) is 23.5. The molecule has 0 saturated carbocycles. The zero-order valence-electron chi connectivity index (χ0n) is 18.5. The molecule has 8 nitrogen and oxygen atoms in total. The zero-order chi connectivity index (χ0) is 24.0. The van der Waals surface area contributed by atoms with Crippen molar-refractivity contribution >= 4 is 49.7 Å². The molecule has 4 rings (SSSR count). The predicted molar refractivity (Wildman–Crippen MR) is 131 cm³/mol. The average Bonchev–Trinajstić information content (AvgIpc) is 3.20. The first-order valence-corrected chi connectivity index (χ1v) is 13.2. The van der Waals surface area contributed by atoms with Gasteiger partial charge in [0.25, 0.3) is 5.91 Å². The lowest BCUT2D eigenvalue weighted by Crippen LogP contribution is -2.48. The Labute approximate surface area is 201 Å². The number of carbonyl (C=O) groups is 1. The summed E-state index contributed by atoms with van der Waals surface area (Å²) in [7, 11) is -3.64. The number of anilines is 2. The van der Waals surface area contributed by atoms with Crippen molar-refractivity contribution in [1.29, 1.82) is 0 Å². The van der Waals surface area contributed by atoms with Crippen molar-refractivity contribution in [3.8, 4) is 16.3 Å². The summed E-state index contributed by atoms with van der Waals surface area (Å²) in [6.07, 6.45) is 0.0693. The molecule has 1 aromatic heterocycles. The third kappa shape index (κ3) is 5.13. The van der Waals surface area contributed by atoms with Crippen molar-refractivity contribution in [2.45, 2.75) is 32.3 Å². The number of nitrogens with one attached hydrogen (secondary N) is 1. The third-order valence-corrected chi connectivity index (χ3v) is 7.42. The van der Waals surface area contributed by atoms with E-state index < -0.39 is 22.0 Å². The van der Waals surface area contributed by atoms with Crippen molar-refractivity contribution in [1.82, 2.24) is 10.2 Å². The minimum absolute atomic E-state index is 0.145. The minimum Gasteiger partial charge on any atom is -0.476 e. The van der Waals surface area contributed by atoms with Gasteiger partial charge in [-0.15, -0.1) is 10.2 Å². The lowest BCUT2D eigenvalue weighted by Gasteiger charge is -2.35. The Morgan fingerprint density at radius 3 is 2.52 bits per heavy atom. The van der Waals surface area contributed by atoms with Gasteiger partial charge in [-0.25, -0.2) is 8.42 Å². The van der Waals surface area contributed by atoms with E-state index in [1.165, 1.54) is 15.6 Å². The van der Waals surface area contributed by atoms with E-state index in [1.807, 2.05) is 39.0 Å². The van der Waals surface area contributed by atoms with Crippen LogP contribution in [-0.4, -0.2) is 43.4 Å². The van der Waals surface area contributed by atoms with E-state index in [9.17, 15) is 13.2 Å². The Balaban J connectivity index is 1.56. The predicted octanol–water partition coefficient (Wildman–Crippen LogP) is 4.32. The highest BCUT2D eigenvalue weighted by Crippen LogP contribution is 2.39. The lowest BCUT2D eigenvalue weighted by molar-refractivity contribution is -0.122. The number of aromatic nitrogens is 2. The molecule has 0 saturated heterocycles. The molecule has 0 radical (unpaired) electrons. The summed E-state index contributed by atoms with van der Waals surface area (Å²) >= 11 is 7.12. The fourth-order valence-corrected chi connectivity index (χ4v) is 5.12. The molecule has 1 aliphatic heterocycles. The van der Waals surface area contributed by atoms with Gasteiger partial charge in [-0.2, -0.15) is 0 Å². The molecule has 2 aromatic carbocycles. The Hall–Kier alpha value is -2.69. The average molecular weight is 507 g/mol. The Kier molecular flexibility index (Phi) is 6.10. The molecular weight excluding hydrogens is 484 g/mol. The van der Waals surface area contributed by atoms with Crippen LogP contribution in [0, 0.1) is 0 Å². The minimum atomic E-state index is -3.64. The third-order valence-electron chi connectivity index (χ3n) is 5.13. The van der Waals surface area contributed by atoms with Gasteiger partial charge < -0.3 is 4.74 Å². The maximum Gasteiger partial charge on any atom is 0.269 e. The summed E-state index contributed by atoms with van der Waals surface area (Å²) in [6.45, 7) is 5.98. The van der Waals surface area contributed by atoms with Crippen LogP contribution in [-0.2, 0) is 20.2 Å². The van der Waals surface area contributed by atoms with Crippen LogP contribution in [0.5, 0.6) is 5.75 Å². The number of carbonyl (C=O) groups excluding carboxylic acids is 1. The number of halogens is 1. The molecule has 1 aliphatic rings. The summed E-state index contributed by atoms with van der Waals surface area (Å²) in [5, 5.41) is 12.3. The molecule has 174 valence electrons. The summed E-state index contributed by atoms with van der Waals surface area (Å²) in [4.78, 5) is 12.9. The number of sulfonamides is 1. The van der Waals surface area contributed by atoms with Crippen molar-refractivity contribution < 1.29 is 17.9 Å². The van der Waals surface area contributed by atoms with E-state index in [1.54, 1.807) is 24.3 Å². The molecule has 11 heteroatoms. The van der Waals surface area contributed by atoms with Crippen LogP contribution in [0.25, 0.3) is 10.6 Å². The molecule has 0 bridgehead atoms. The molecular formula is C22H23ClN4O4S2. The van der Waals surface area contributed by atoms with E-state index in [0.717, 1.165) is 17.4 Å². The van der Waals surface area contributed by atoms with Gasteiger partial charge in [0.2, 0.25) is 15.2 Å². The van der Waals surface area contributed by atoms with Gasteiger partial charge in [0.05, 0.1) is 18.5 Å². The van der Waals surface area contributed by atoms with Gasteiger partial charge in [-0.3, -0.25) is 14.4 Å². The highest BCUT2D eigenvalue weighted by Gasteiger charge is 2.36. The Morgan fingerprint density at radius 2 is 1.88 bits per heavy atom. The molecule has 1 N–H and O–H groups in total. The highest BCUT2D eigenvalue weighted by molar-refractivity contribution is 7.92.